The van der Waals surface area contributed by atoms with Gasteiger partial charge in [0.25, 0.3) is 0 Å². The Morgan fingerprint density at radius 1 is 1.40 bits per heavy atom. The average molecular weight is 314 g/mol. The molecule has 0 bridgehead atoms. The van der Waals surface area contributed by atoms with E-state index >= 15 is 0 Å². The van der Waals surface area contributed by atoms with Crippen molar-refractivity contribution in [3.05, 3.63) is 30.6 Å². The summed E-state index contributed by atoms with van der Waals surface area (Å²) in [7, 11) is 1.89. The third kappa shape index (κ3) is 4.22. The summed E-state index contributed by atoms with van der Waals surface area (Å²) in [4.78, 5) is 12.5. The van der Waals surface area contributed by atoms with E-state index in [1.807, 2.05) is 35.9 Å². The number of rotatable bonds is 4. The van der Waals surface area contributed by atoms with Gasteiger partial charge in [-0.1, -0.05) is 0 Å². The van der Waals surface area contributed by atoms with Crippen molar-refractivity contribution in [2.24, 2.45) is 12.8 Å². The number of carbonyl (C=O) groups is 1. The predicted octanol–water partition coefficient (Wildman–Crippen LogP) is 1.67. The summed E-state index contributed by atoms with van der Waals surface area (Å²) in [6.07, 6.45) is 1.65. The number of nitrogens with one attached hydrogen (secondary N) is 1. The molecule has 0 aliphatic rings. The van der Waals surface area contributed by atoms with Gasteiger partial charge < -0.3 is 15.6 Å². The summed E-state index contributed by atoms with van der Waals surface area (Å²) in [5.74, 6) is -0.200. The number of aromatic nitrogens is 3. The van der Waals surface area contributed by atoms with E-state index in [9.17, 15) is 4.79 Å². The van der Waals surface area contributed by atoms with E-state index in [0.717, 1.165) is 15.7 Å². The van der Waals surface area contributed by atoms with Crippen LogP contribution in [0.4, 0.5) is 5.69 Å². The highest BCUT2D eigenvalue weighted by atomic mass is 35.5. The fourth-order valence-electron chi connectivity index (χ4n) is 1.33. The molecule has 20 heavy (non-hydrogen) atoms. The Labute approximate surface area is 127 Å². The van der Waals surface area contributed by atoms with Crippen LogP contribution in [0.15, 0.2) is 40.6 Å². The molecule has 1 heterocycles. The van der Waals surface area contributed by atoms with Crippen LogP contribution in [0.25, 0.3) is 0 Å². The molecule has 108 valence electrons. The van der Waals surface area contributed by atoms with E-state index in [2.05, 4.69) is 15.5 Å². The molecule has 1 atom stereocenters. The Bertz CT molecular complexity index is 569. The number of amides is 1. The fourth-order valence-corrected chi connectivity index (χ4v) is 2.09. The number of hydrogen-bond donors (Lipinski definition) is 2. The van der Waals surface area contributed by atoms with Gasteiger partial charge in [0, 0.05) is 17.6 Å². The van der Waals surface area contributed by atoms with Crippen LogP contribution in [0.2, 0.25) is 0 Å². The number of benzene rings is 1. The third-order valence-electron chi connectivity index (χ3n) is 2.41. The lowest BCUT2D eigenvalue weighted by atomic mass is 10.3. The highest BCUT2D eigenvalue weighted by Gasteiger charge is 2.08. The van der Waals surface area contributed by atoms with Crippen molar-refractivity contribution in [2.75, 3.05) is 5.32 Å². The normalized spacial score (nSPS) is 11.6. The lowest BCUT2D eigenvalue weighted by molar-refractivity contribution is -0.117. The molecular weight excluding hydrogens is 298 g/mol. The molecule has 0 aliphatic carbocycles. The van der Waals surface area contributed by atoms with E-state index in [0.29, 0.717) is 0 Å². The van der Waals surface area contributed by atoms with Crippen LogP contribution in [0.3, 0.4) is 0 Å². The molecule has 0 aliphatic heterocycles. The van der Waals surface area contributed by atoms with Crippen LogP contribution in [0.5, 0.6) is 0 Å². The molecule has 1 aromatic heterocycles. The molecule has 0 fully saturated rings. The molecule has 3 N–H and O–H groups in total. The van der Waals surface area contributed by atoms with E-state index in [1.165, 1.54) is 11.8 Å². The molecule has 8 heteroatoms. The van der Waals surface area contributed by atoms with Crippen LogP contribution in [0, 0.1) is 0 Å². The van der Waals surface area contributed by atoms with Crippen LogP contribution >= 0.6 is 24.2 Å². The topological polar surface area (TPSA) is 85.8 Å². The minimum atomic E-state index is -0.521. The lowest BCUT2D eigenvalue weighted by Gasteiger charge is -2.08. The van der Waals surface area contributed by atoms with E-state index in [-0.39, 0.29) is 18.3 Å². The summed E-state index contributed by atoms with van der Waals surface area (Å²) in [6.45, 7) is 1.65. The van der Waals surface area contributed by atoms with Crippen molar-refractivity contribution in [2.45, 2.75) is 23.0 Å². The minimum Gasteiger partial charge on any atom is -0.325 e. The monoisotopic (exact) mass is 313 g/mol. The molecule has 2 rings (SSSR count). The average Bonchev–Trinajstić information content (AvgIpc) is 2.77. The first-order chi connectivity index (χ1) is 9.06. The molecule has 1 amide bonds. The second-order valence-corrected chi connectivity index (χ2v) is 5.17. The summed E-state index contributed by atoms with van der Waals surface area (Å²) in [6, 6.07) is 6.97. The Kier molecular flexibility index (Phi) is 6.00. The first-order valence-electron chi connectivity index (χ1n) is 5.74. The zero-order chi connectivity index (χ0) is 13.8. The van der Waals surface area contributed by atoms with Crippen molar-refractivity contribution in [1.82, 2.24) is 14.8 Å². The SMILES string of the molecule is C[C@H](N)C(=O)Nc1ccc(Sc2nncn2C)cc1.Cl. The van der Waals surface area contributed by atoms with Gasteiger partial charge in [-0.15, -0.1) is 22.6 Å². The van der Waals surface area contributed by atoms with Gasteiger partial charge in [-0.3, -0.25) is 4.79 Å². The second kappa shape index (κ2) is 7.28. The van der Waals surface area contributed by atoms with Crippen molar-refractivity contribution in [1.29, 1.82) is 0 Å². The van der Waals surface area contributed by atoms with Gasteiger partial charge in [-0.05, 0) is 43.0 Å². The second-order valence-electron chi connectivity index (χ2n) is 4.13. The Balaban J connectivity index is 0.00000200. The molecule has 0 saturated heterocycles. The van der Waals surface area contributed by atoms with E-state index < -0.39 is 6.04 Å². The maximum atomic E-state index is 11.4. The predicted molar refractivity (Wildman–Crippen MR) is 81.1 cm³/mol. The molecular formula is C12H16ClN5OS. The lowest BCUT2D eigenvalue weighted by Crippen LogP contribution is -2.32. The number of anilines is 1. The quantitative estimate of drug-likeness (QED) is 0.897. The summed E-state index contributed by atoms with van der Waals surface area (Å²) in [5.41, 5.74) is 6.21. The summed E-state index contributed by atoms with van der Waals surface area (Å²) < 4.78 is 1.84. The van der Waals surface area contributed by atoms with Gasteiger partial charge in [0.1, 0.15) is 6.33 Å². The van der Waals surface area contributed by atoms with Gasteiger partial charge >= 0.3 is 0 Å². The van der Waals surface area contributed by atoms with Crippen molar-refractivity contribution >= 4 is 35.8 Å². The Hall–Kier alpha value is -1.57. The highest BCUT2D eigenvalue weighted by Crippen LogP contribution is 2.26. The fraction of sp³-hybridized carbons (Fsp3) is 0.250. The Morgan fingerprint density at radius 3 is 2.55 bits per heavy atom. The van der Waals surface area contributed by atoms with Gasteiger partial charge in [0.2, 0.25) is 5.91 Å². The molecule has 6 nitrogen and oxygen atoms in total. The van der Waals surface area contributed by atoms with E-state index in [4.69, 9.17) is 5.73 Å². The first-order valence-corrected chi connectivity index (χ1v) is 6.56. The summed E-state index contributed by atoms with van der Waals surface area (Å²) >= 11 is 1.51. The van der Waals surface area contributed by atoms with Gasteiger partial charge in [-0.25, -0.2) is 0 Å². The maximum absolute atomic E-state index is 11.4. The van der Waals surface area contributed by atoms with Crippen molar-refractivity contribution in [3.63, 3.8) is 0 Å². The molecule has 0 radical (unpaired) electrons. The third-order valence-corrected chi connectivity index (χ3v) is 3.47. The maximum Gasteiger partial charge on any atom is 0.240 e. The zero-order valence-corrected chi connectivity index (χ0v) is 12.7. The van der Waals surface area contributed by atoms with Crippen molar-refractivity contribution < 1.29 is 4.79 Å². The van der Waals surface area contributed by atoms with Crippen LogP contribution < -0.4 is 11.1 Å². The highest BCUT2D eigenvalue weighted by molar-refractivity contribution is 7.99. The molecule has 0 unspecified atom stereocenters. The number of carbonyl (C=O) groups excluding carboxylic acids is 1. The van der Waals surface area contributed by atoms with Crippen LogP contribution in [-0.2, 0) is 11.8 Å². The zero-order valence-electron chi connectivity index (χ0n) is 11.1. The number of nitrogens with two attached hydrogens (primary N) is 1. The summed E-state index contributed by atoms with van der Waals surface area (Å²) in [5, 5.41) is 11.4. The standard InChI is InChI=1S/C12H15N5OS.ClH/c1-8(13)11(18)15-9-3-5-10(6-4-9)19-12-16-14-7-17(12)2;/h3-8H,13H2,1-2H3,(H,15,18);1H/t8-;/m0./s1. The minimum absolute atomic E-state index is 0. The first kappa shape index (κ1) is 16.5. The van der Waals surface area contributed by atoms with Gasteiger partial charge in [0.05, 0.1) is 6.04 Å². The number of nitrogens with zero attached hydrogens (tertiary/aromatic N) is 3. The molecule has 0 saturated carbocycles. The number of halogens is 1. The van der Waals surface area contributed by atoms with Crippen LogP contribution in [0.1, 0.15) is 6.92 Å². The number of hydrogen-bond acceptors (Lipinski definition) is 5. The largest absolute Gasteiger partial charge is 0.325 e. The molecule has 1 aromatic carbocycles. The van der Waals surface area contributed by atoms with E-state index in [1.54, 1.807) is 13.3 Å². The van der Waals surface area contributed by atoms with Crippen LogP contribution in [-0.4, -0.2) is 26.7 Å². The van der Waals surface area contributed by atoms with Gasteiger partial charge in [-0.2, -0.15) is 0 Å². The van der Waals surface area contributed by atoms with Crippen molar-refractivity contribution in [3.8, 4) is 0 Å². The number of aryl methyl sites for hydroxylation is 1. The van der Waals surface area contributed by atoms with Gasteiger partial charge in [0.15, 0.2) is 5.16 Å². The smallest absolute Gasteiger partial charge is 0.240 e. The Morgan fingerprint density at radius 2 is 2.05 bits per heavy atom. The molecule has 2 aromatic rings. The molecule has 0 spiro atoms.